The molecule has 0 aliphatic carbocycles. The second-order valence-electron chi connectivity index (χ2n) is 6.30. The highest BCUT2D eigenvalue weighted by molar-refractivity contribution is 6.02. The number of nitrogens with one attached hydrogen (secondary N) is 1. The fourth-order valence-corrected chi connectivity index (χ4v) is 3.09. The van der Waals surface area contributed by atoms with Crippen molar-refractivity contribution < 1.29 is 19.1 Å². The summed E-state index contributed by atoms with van der Waals surface area (Å²) in [6.45, 7) is 0.487. The smallest absolute Gasteiger partial charge is 0.249 e. The second kappa shape index (κ2) is 8.09. The van der Waals surface area contributed by atoms with Crippen LogP contribution in [-0.2, 0) is 9.59 Å². The second-order valence-corrected chi connectivity index (χ2v) is 6.30. The first-order valence-corrected chi connectivity index (χ1v) is 8.69. The molecule has 2 aromatic carbocycles. The summed E-state index contributed by atoms with van der Waals surface area (Å²) in [5, 5.41) is 2.77. The van der Waals surface area contributed by atoms with E-state index >= 15 is 0 Å². The van der Waals surface area contributed by atoms with E-state index in [-0.39, 0.29) is 11.8 Å². The van der Waals surface area contributed by atoms with Crippen LogP contribution in [0.1, 0.15) is 18.0 Å². The molecule has 0 spiro atoms. The van der Waals surface area contributed by atoms with Crippen LogP contribution in [0.25, 0.3) is 0 Å². The number of carbonyl (C=O) groups is 2. The van der Waals surface area contributed by atoms with E-state index in [1.54, 1.807) is 49.5 Å². The van der Waals surface area contributed by atoms with Gasteiger partial charge in [-0.3, -0.25) is 9.59 Å². The number of nitrogens with two attached hydrogens (primary N) is 1. The van der Waals surface area contributed by atoms with Crippen LogP contribution < -0.4 is 25.4 Å². The number of rotatable bonds is 6. The molecule has 0 bridgehead atoms. The lowest BCUT2D eigenvalue weighted by molar-refractivity contribution is -0.127. The molecular formula is C20H23N3O4. The summed E-state index contributed by atoms with van der Waals surface area (Å²) < 4.78 is 10.5. The molecule has 1 aliphatic rings. The number of hydrogen-bond acceptors (Lipinski definition) is 5. The van der Waals surface area contributed by atoms with Gasteiger partial charge in [0.25, 0.3) is 0 Å². The van der Waals surface area contributed by atoms with Crippen molar-refractivity contribution in [2.75, 3.05) is 25.7 Å². The summed E-state index contributed by atoms with van der Waals surface area (Å²) in [5.41, 5.74) is 7.38. The summed E-state index contributed by atoms with van der Waals surface area (Å²) in [6.07, 6.45) is 0.506. The normalized spacial score (nSPS) is 17.5. The molecule has 7 nitrogen and oxygen atoms in total. The van der Waals surface area contributed by atoms with Crippen molar-refractivity contribution in [3.63, 3.8) is 0 Å². The molecular weight excluding hydrogens is 346 g/mol. The maximum Gasteiger partial charge on any atom is 0.249 e. The van der Waals surface area contributed by atoms with E-state index in [4.69, 9.17) is 15.2 Å². The predicted octanol–water partition coefficient (Wildman–Crippen LogP) is 1.63. The maximum atomic E-state index is 12.8. The molecule has 0 aromatic heterocycles. The van der Waals surface area contributed by atoms with Crippen LogP contribution in [0.15, 0.2) is 48.5 Å². The Kier molecular flexibility index (Phi) is 5.61. The van der Waals surface area contributed by atoms with Crippen LogP contribution in [-0.4, -0.2) is 38.6 Å². The molecule has 3 N–H and O–H groups in total. The van der Waals surface area contributed by atoms with E-state index < -0.39 is 12.1 Å². The van der Waals surface area contributed by atoms with Gasteiger partial charge in [0.15, 0.2) is 0 Å². The first kappa shape index (κ1) is 18.7. The highest BCUT2D eigenvalue weighted by atomic mass is 16.5. The molecule has 0 saturated carbocycles. The average molecular weight is 369 g/mol. The van der Waals surface area contributed by atoms with Gasteiger partial charge in [0.2, 0.25) is 11.8 Å². The van der Waals surface area contributed by atoms with Crippen molar-refractivity contribution in [2.24, 2.45) is 5.73 Å². The van der Waals surface area contributed by atoms with Gasteiger partial charge in [-0.05, 0) is 12.0 Å². The molecule has 1 aliphatic heterocycles. The van der Waals surface area contributed by atoms with Gasteiger partial charge in [-0.25, -0.2) is 0 Å². The Morgan fingerprint density at radius 3 is 2.37 bits per heavy atom. The number of nitrogens with zero attached hydrogens (tertiary/aromatic N) is 1. The number of ether oxygens (including phenoxy) is 2. The van der Waals surface area contributed by atoms with Gasteiger partial charge in [-0.1, -0.05) is 30.3 Å². The van der Waals surface area contributed by atoms with E-state index in [2.05, 4.69) is 5.32 Å². The van der Waals surface area contributed by atoms with Crippen molar-refractivity contribution in [3.8, 4) is 11.5 Å². The van der Waals surface area contributed by atoms with Crippen molar-refractivity contribution >= 4 is 17.5 Å². The van der Waals surface area contributed by atoms with E-state index in [9.17, 15) is 9.59 Å². The minimum Gasteiger partial charge on any atom is -0.497 e. The molecule has 0 radical (unpaired) electrons. The molecule has 1 saturated heterocycles. The number of amides is 2. The monoisotopic (exact) mass is 369 g/mol. The minimum atomic E-state index is -0.815. The van der Waals surface area contributed by atoms with Crippen molar-refractivity contribution in [2.45, 2.75) is 18.5 Å². The fourth-order valence-electron chi connectivity index (χ4n) is 3.09. The average Bonchev–Trinajstić information content (AvgIpc) is 3.07. The summed E-state index contributed by atoms with van der Waals surface area (Å²) in [7, 11) is 3.11. The summed E-state index contributed by atoms with van der Waals surface area (Å²) in [5.74, 6) is 0.634. The first-order valence-electron chi connectivity index (χ1n) is 8.69. The molecule has 2 aromatic rings. The Balaban J connectivity index is 1.71. The van der Waals surface area contributed by atoms with Gasteiger partial charge in [0.1, 0.15) is 23.6 Å². The third-order valence-electron chi connectivity index (χ3n) is 4.61. The third kappa shape index (κ3) is 4.03. The first-order chi connectivity index (χ1) is 13.0. The largest absolute Gasteiger partial charge is 0.497 e. The van der Waals surface area contributed by atoms with Crippen molar-refractivity contribution in [3.05, 3.63) is 54.1 Å². The highest BCUT2D eigenvalue weighted by Crippen LogP contribution is 2.31. The minimum absolute atomic E-state index is 0.182. The Morgan fingerprint density at radius 2 is 1.78 bits per heavy atom. The van der Waals surface area contributed by atoms with E-state index in [1.165, 1.54) is 0 Å². The zero-order valence-electron chi connectivity index (χ0n) is 15.3. The Labute approximate surface area is 158 Å². The van der Waals surface area contributed by atoms with Gasteiger partial charge in [0.05, 0.1) is 19.9 Å². The Morgan fingerprint density at radius 1 is 1.15 bits per heavy atom. The molecule has 3 rings (SSSR count). The molecule has 2 unspecified atom stereocenters. The van der Waals surface area contributed by atoms with Crippen LogP contribution in [0.3, 0.4) is 0 Å². The SMILES string of the molecule is COc1cc(OC)cc(N2CCC(NC(=O)C(N)c3ccccc3)C2=O)c1. The van der Waals surface area contributed by atoms with Gasteiger partial charge in [-0.15, -0.1) is 0 Å². The molecule has 7 heteroatoms. The van der Waals surface area contributed by atoms with Crippen LogP contribution >= 0.6 is 0 Å². The topological polar surface area (TPSA) is 93.9 Å². The zero-order chi connectivity index (χ0) is 19.4. The lowest BCUT2D eigenvalue weighted by Gasteiger charge is -2.20. The summed E-state index contributed by atoms with van der Waals surface area (Å²) in [4.78, 5) is 26.8. The van der Waals surface area contributed by atoms with Crippen molar-refractivity contribution in [1.82, 2.24) is 5.32 Å². The summed E-state index contributed by atoms with van der Waals surface area (Å²) >= 11 is 0. The lowest BCUT2D eigenvalue weighted by atomic mass is 10.1. The zero-order valence-corrected chi connectivity index (χ0v) is 15.3. The molecule has 1 heterocycles. The number of benzene rings is 2. The van der Waals surface area contributed by atoms with Gasteiger partial charge >= 0.3 is 0 Å². The van der Waals surface area contributed by atoms with Crippen LogP contribution in [0.5, 0.6) is 11.5 Å². The van der Waals surface area contributed by atoms with Crippen LogP contribution in [0, 0.1) is 0 Å². The number of anilines is 1. The fraction of sp³-hybridized carbons (Fsp3) is 0.300. The molecule has 142 valence electrons. The van der Waals surface area contributed by atoms with Crippen LogP contribution in [0.2, 0.25) is 0 Å². The maximum absolute atomic E-state index is 12.8. The Bertz CT molecular complexity index is 803. The number of carbonyl (C=O) groups excluding carboxylic acids is 2. The standard InChI is InChI=1S/C20H23N3O4/c1-26-15-10-14(11-16(12-15)27-2)23-9-8-17(20(23)25)22-19(24)18(21)13-6-4-3-5-7-13/h3-7,10-12,17-18H,8-9,21H2,1-2H3,(H,22,24). The Hall–Kier alpha value is -3.06. The van der Waals surface area contributed by atoms with E-state index in [0.29, 0.717) is 35.7 Å². The van der Waals surface area contributed by atoms with E-state index in [0.717, 1.165) is 0 Å². The quantitative estimate of drug-likeness (QED) is 0.807. The predicted molar refractivity (Wildman–Crippen MR) is 102 cm³/mol. The summed E-state index contributed by atoms with van der Waals surface area (Å²) in [6, 6.07) is 12.9. The lowest BCUT2D eigenvalue weighted by Crippen LogP contribution is -2.45. The van der Waals surface area contributed by atoms with Gasteiger partial charge in [0, 0.05) is 24.7 Å². The van der Waals surface area contributed by atoms with Gasteiger partial charge < -0.3 is 25.4 Å². The highest BCUT2D eigenvalue weighted by Gasteiger charge is 2.35. The molecule has 1 fully saturated rings. The van der Waals surface area contributed by atoms with Crippen LogP contribution in [0.4, 0.5) is 5.69 Å². The number of hydrogen-bond donors (Lipinski definition) is 2. The molecule has 2 amide bonds. The molecule has 27 heavy (non-hydrogen) atoms. The third-order valence-corrected chi connectivity index (χ3v) is 4.61. The molecule has 2 atom stereocenters. The van der Waals surface area contributed by atoms with Crippen molar-refractivity contribution in [1.29, 1.82) is 0 Å². The van der Waals surface area contributed by atoms with Gasteiger partial charge in [-0.2, -0.15) is 0 Å². The number of methoxy groups -OCH3 is 2. The van der Waals surface area contributed by atoms with E-state index in [1.807, 2.05) is 18.2 Å².